The van der Waals surface area contributed by atoms with E-state index in [9.17, 15) is 4.79 Å². The summed E-state index contributed by atoms with van der Waals surface area (Å²) in [5.41, 5.74) is 2.20. The molecule has 0 aliphatic heterocycles. The largest absolute Gasteiger partial charge is 0.495 e. The highest BCUT2D eigenvalue weighted by Gasteiger charge is 2.25. The molecule has 4 nitrogen and oxygen atoms in total. The fraction of sp³-hybridized carbons (Fsp3) is 0.435. The van der Waals surface area contributed by atoms with Gasteiger partial charge in [0, 0.05) is 19.0 Å². The summed E-state index contributed by atoms with van der Waals surface area (Å²) in [7, 11) is 3.76. The van der Waals surface area contributed by atoms with Crippen molar-refractivity contribution in [2.24, 2.45) is 0 Å². The van der Waals surface area contributed by atoms with Crippen LogP contribution in [0.2, 0.25) is 0 Å². The number of carbonyl (C=O) groups is 1. The lowest BCUT2D eigenvalue weighted by Gasteiger charge is -2.34. The molecule has 0 unspecified atom stereocenters. The van der Waals surface area contributed by atoms with Gasteiger partial charge < -0.3 is 15.0 Å². The highest BCUT2D eigenvalue weighted by molar-refractivity contribution is 5.92. The quantitative estimate of drug-likeness (QED) is 0.773. The predicted molar refractivity (Wildman–Crippen MR) is 110 cm³/mol. The van der Waals surface area contributed by atoms with Crippen LogP contribution in [0.1, 0.15) is 43.6 Å². The Hall–Kier alpha value is -2.33. The van der Waals surface area contributed by atoms with Gasteiger partial charge in [0.25, 0.3) is 0 Å². The van der Waals surface area contributed by atoms with Gasteiger partial charge in [-0.1, -0.05) is 42.5 Å². The zero-order chi connectivity index (χ0) is 19.1. The number of hydrogen-bond donors (Lipinski definition) is 1. The molecule has 1 amide bonds. The van der Waals surface area contributed by atoms with Gasteiger partial charge in [0.2, 0.25) is 5.91 Å². The van der Waals surface area contributed by atoms with E-state index in [1.807, 2.05) is 24.3 Å². The summed E-state index contributed by atoms with van der Waals surface area (Å²) in [6.45, 7) is 0.779. The molecule has 0 spiro atoms. The zero-order valence-electron chi connectivity index (χ0n) is 16.4. The van der Waals surface area contributed by atoms with Crippen LogP contribution in [0.5, 0.6) is 5.75 Å². The maximum Gasteiger partial charge on any atom is 0.225 e. The number of anilines is 1. The Morgan fingerprint density at radius 1 is 1.04 bits per heavy atom. The first-order valence-corrected chi connectivity index (χ1v) is 9.85. The minimum absolute atomic E-state index is 0.0318. The monoisotopic (exact) mass is 366 g/mol. The average molecular weight is 367 g/mol. The molecule has 0 atom stereocenters. The molecule has 2 aromatic rings. The third-order valence-corrected chi connectivity index (χ3v) is 5.66. The molecule has 1 aliphatic carbocycles. The van der Waals surface area contributed by atoms with Crippen molar-refractivity contribution in [3.8, 4) is 5.75 Å². The minimum Gasteiger partial charge on any atom is -0.495 e. The van der Waals surface area contributed by atoms with Crippen LogP contribution >= 0.6 is 0 Å². The summed E-state index contributed by atoms with van der Waals surface area (Å²) in [5.74, 6) is 1.41. The smallest absolute Gasteiger partial charge is 0.225 e. The van der Waals surface area contributed by atoms with Crippen molar-refractivity contribution < 1.29 is 9.53 Å². The molecule has 27 heavy (non-hydrogen) atoms. The number of nitrogens with zero attached hydrogens (tertiary/aromatic N) is 1. The van der Waals surface area contributed by atoms with Crippen molar-refractivity contribution in [1.82, 2.24) is 4.90 Å². The Balaban J connectivity index is 1.43. The molecule has 2 aromatic carbocycles. The number of rotatable bonds is 7. The first-order chi connectivity index (χ1) is 13.2. The first-order valence-electron chi connectivity index (χ1n) is 9.85. The Morgan fingerprint density at radius 3 is 2.41 bits per heavy atom. The number of para-hydroxylation sites is 2. The third-order valence-electron chi connectivity index (χ3n) is 5.66. The normalized spacial score (nSPS) is 19.7. The van der Waals surface area contributed by atoms with Crippen molar-refractivity contribution in [2.45, 2.75) is 44.1 Å². The minimum atomic E-state index is 0.0318. The fourth-order valence-corrected chi connectivity index (χ4v) is 4.00. The van der Waals surface area contributed by atoms with Crippen LogP contribution in [0.4, 0.5) is 5.69 Å². The average Bonchev–Trinajstić information content (AvgIpc) is 2.73. The highest BCUT2D eigenvalue weighted by atomic mass is 16.5. The van der Waals surface area contributed by atoms with Gasteiger partial charge in [-0.05, 0) is 56.3 Å². The van der Waals surface area contributed by atoms with Crippen LogP contribution in [-0.4, -0.2) is 37.6 Å². The molecule has 3 rings (SSSR count). The molecule has 0 heterocycles. The van der Waals surface area contributed by atoms with Crippen LogP contribution in [0.3, 0.4) is 0 Å². The Bertz CT molecular complexity index is 724. The van der Waals surface area contributed by atoms with Crippen LogP contribution in [0, 0.1) is 0 Å². The molecule has 1 saturated carbocycles. The maximum atomic E-state index is 12.3. The molecule has 0 radical (unpaired) electrons. The van der Waals surface area contributed by atoms with Gasteiger partial charge in [-0.2, -0.15) is 0 Å². The predicted octanol–water partition coefficient (Wildman–Crippen LogP) is 4.68. The summed E-state index contributed by atoms with van der Waals surface area (Å²) in [6, 6.07) is 18.9. The molecule has 4 heteroatoms. The van der Waals surface area contributed by atoms with E-state index in [0.717, 1.165) is 12.2 Å². The van der Waals surface area contributed by atoms with Gasteiger partial charge >= 0.3 is 0 Å². The van der Waals surface area contributed by atoms with Crippen molar-refractivity contribution in [3.05, 3.63) is 60.2 Å². The van der Waals surface area contributed by atoms with E-state index in [-0.39, 0.29) is 5.91 Å². The number of methoxy groups -OCH3 is 1. The standard InChI is InChI=1S/C23H30N2O2/c1-25(17-16-23(26)24-21-10-6-7-11-22(21)27-2)20-14-12-19(13-15-20)18-8-4-3-5-9-18/h3-11,19-20H,12-17H2,1-2H3,(H,24,26). The maximum absolute atomic E-state index is 12.3. The Labute approximate surface area is 162 Å². The molecule has 1 N–H and O–H groups in total. The van der Waals surface area contributed by atoms with Crippen molar-refractivity contribution in [3.63, 3.8) is 0 Å². The first kappa shape index (κ1) is 19.4. The van der Waals surface area contributed by atoms with Crippen LogP contribution < -0.4 is 10.1 Å². The number of ether oxygens (including phenoxy) is 1. The molecule has 144 valence electrons. The molecule has 0 saturated heterocycles. The lowest BCUT2D eigenvalue weighted by molar-refractivity contribution is -0.116. The number of hydrogen-bond acceptors (Lipinski definition) is 3. The van der Waals surface area contributed by atoms with Gasteiger partial charge in [-0.3, -0.25) is 4.79 Å². The number of benzene rings is 2. The van der Waals surface area contributed by atoms with Gasteiger partial charge in [0.05, 0.1) is 12.8 Å². The van der Waals surface area contributed by atoms with Crippen LogP contribution in [0.25, 0.3) is 0 Å². The SMILES string of the molecule is COc1ccccc1NC(=O)CCN(C)C1CCC(c2ccccc2)CC1. The second kappa shape index (κ2) is 9.56. The van der Waals surface area contributed by atoms with E-state index in [4.69, 9.17) is 4.74 Å². The topological polar surface area (TPSA) is 41.6 Å². The van der Waals surface area contributed by atoms with E-state index in [1.165, 1.54) is 31.2 Å². The molecular weight excluding hydrogens is 336 g/mol. The van der Waals surface area contributed by atoms with E-state index in [1.54, 1.807) is 7.11 Å². The summed E-state index contributed by atoms with van der Waals surface area (Å²) in [4.78, 5) is 14.7. The molecule has 1 fully saturated rings. The summed E-state index contributed by atoms with van der Waals surface area (Å²) in [6.07, 6.45) is 5.35. The van der Waals surface area contributed by atoms with Gasteiger partial charge in [-0.25, -0.2) is 0 Å². The second-order valence-corrected chi connectivity index (χ2v) is 7.40. The molecule has 0 bridgehead atoms. The molecule has 0 aromatic heterocycles. The third kappa shape index (κ3) is 5.33. The molecule has 1 aliphatic rings. The van der Waals surface area contributed by atoms with E-state index in [2.05, 4.69) is 47.6 Å². The van der Waals surface area contributed by atoms with E-state index >= 15 is 0 Å². The number of nitrogens with one attached hydrogen (secondary N) is 1. The highest BCUT2D eigenvalue weighted by Crippen LogP contribution is 2.34. The van der Waals surface area contributed by atoms with Crippen molar-refractivity contribution >= 4 is 11.6 Å². The van der Waals surface area contributed by atoms with Crippen molar-refractivity contribution in [1.29, 1.82) is 0 Å². The van der Waals surface area contributed by atoms with E-state index < -0.39 is 0 Å². The van der Waals surface area contributed by atoms with Gasteiger partial charge in [0.1, 0.15) is 5.75 Å². The summed E-state index contributed by atoms with van der Waals surface area (Å²) in [5, 5.41) is 2.96. The Kier molecular flexibility index (Phi) is 6.88. The van der Waals surface area contributed by atoms with Crippen molar-refractivity contribution in [2.75, 3.05) is 26.0 Å². The second-order valence-electron chi connectivity index (χ2n) is 7.40. The summed E-state index contributed by atoms with van der Waals surface area (Å²) < 4.78 is 5.29. The summed E-state index contributed by atoms with van der Waals surface area (Å²) >= 11 is 0. The number of amides is 1. The number of carbonyl (C=O) groups excluding carboxylic acids is 1. The lowest BCUT2D eigenvalue weighted by atomic mass is 9.81. The van der Waals surface area contributed by atoms with Crippen LogP contribution in [0.15, 0.2) is 54.6 Å². The van der Waals surface area contributed by atoms with Gasteiger partial charge in [0.15, 0.2) is 0 Å². The molecular formula is C23H30N2O2. The van der Waals surface area contributed by atoms with Crippen LogP contribution in [-0.2, 0) is 4.79 Å². The fourth-order valence-electron chi connectivity index (χ4n) is 4.00. The Morgan fingerprint density at radius 2 is 1.70 bits per heavy atom. The van der Waals surface area contributed by atoms with Gasteiger partial charge in [-0.15, -0.1) is 0 Å². The lowest BCUT2D eigenvalue weighted by Crippen LogP contribution is -2.36. The van der Waals surface area contributed by atoms with E-state index in [0.29, 0.717) is 24.1 Å². The zero-order valence-corrected chi connectivity index (χ0v) is 16.4.